The molecule has 0 fully saturated rings. The number of nitrogen functional groups attached to an aromatic ring is 1. The predicted molar refractivity (Wildman–Crippen MR) is 65.0 cm³/mol. The van der Waals surface area contributed by atoms with E-state index in [1.165, 1.54) is 0 Å². The van der Waals surface area contributed by atoms with Crippen LogP contribution in [0.2, 0.25) is 5.02 Å². The number of carbonyl (C=O) groups is 1. The van der Waals surface area contributed by atoms with Crippen molar-refractivity contribution in [1.82, 2.24) is 5.43 Å². The first-order valence-corrected chi connectivity index (χ1v) is 5.51. The van der Waals surface area contributed by atoms with Crippen LogP contribution >= 0.6 is 27.5 Å². The van der Waals surface area contributed by atoms with Crippen molar-refractivity contribution in [2.24, 2.45) is 5.84 Å². The summed E-state index contributed by atoms with van der Waals surface area (Å²) in [6, 6.07) is 3.28. The molecule has 1 aromatic rings. The summed E-state index contributed by atoms with van der Waals surface area (Å²) < 4.78 is 0.732. The van der Waals surface area contributed by atoms with Gasteiger partial charge in [0.1, 0.15) is 0 Å². The summed E-state index contributed by atoms with van der Waals surface area (Å²) in [7, 11) is 0. The Morgan fingerprint density at radius 3 is 2.80 bits per heavy atom. The molecule has 6 heteroatoms. The quantitative estimate of drug-likeness (QED) is 0.454. The molecule has 0 saturated heterocycles. The summed E-state index contributed by atoms with van der Waals surface area (Å²) in [5.41, 5.74) is 3.18. The molecule has 0 heterocycles. The summed E-state index contributed by atoms with van der Waals surface area (Å²) >= 11 is 9.17. The minimum atomic E-state index is -0.380. The van der Waals surface area contributed by atoms with Crippen LogP contribution in [-0.2, 0) is 0 Å². The van der Waals surface area contributed by atoms with Crippen molar-refractivity contribution in [1.29, 1.82) is 0 Å². The molecule has 1 aromatic carbocycles. The molecule has 0 unspecified atom stereocenters. The highest BCUT2D eigenvalue weighted by molar-refractivity contribution is 9.10. The summed E-state index contributed by atoms with van der Waals surface area (Å²) in [6.07, 6.45) is 0. The Labute approximate surface area is 101 Å². The number of nitrogens with one attached hydrogen (secondary N) is 2. The lowest BCUT2D eigenvalue weighted by atomic mass is 10.1. The number of amides is 1. The summed E-state index contributed by atoms with van der Waals surface area (Å²) in [6.45, 7) is 2.64. The number of rotatable bonds is 3. The Morgan fingerprint density at radius 1 is 1.60 bits per heavy atom. The predicted octanol–water partition coefficient (Wildman–Crippen LogP) is 2.14. The van der Waals surface area contributed by atoms with Crippen molar-refractivity contribution in [3.63, 3.8) is 0 Å². The zero-order valence-corrected chi connectivity index (χ0v) is 10.4. The molecule has 0 radical (unpaired) electrons. The minimum absolute atomic E-state index is 0.380. The molecule has 0 aliphatic heterocycles. The Balaban J connectivity index is 3.26. The van der Waals surface area contributed by atoms with Gasteiger partial charge >= 0.3 is 0 Å². The molecule has 0 aliphatic carbocycles. The maximum Gasteiger partial charge on any atom is 0.267 e. The average molecular weight is 293 g/mol. The third kappa shape index (κ3) is 2.84. The molecular formula is C9H11BrClN3O. The maximum atomic E-state index is 11.5. The highest BCUT2D eigenvalue weighted by Gasteiger charge is 2.13. The Morgan fingerprint density at radius 2 is 2.27 bits per heavy atom. The first-order valence-electron chi connectivity index (χ1n) is 4.34. The van der Waals surface area contributed by atoms with Gasteiger partial charge in [0.25, 0.3) is 5.91 Å². The molecule has 0 aliphatic rings. The first kappa shape index (κ1) is 12.3. The molecule has 0 atom stereocenters. The molecule has 82 valence electrons. The molecule has 15 heavy (non-hydrogen) atoms. The van der Waals surface area contributed by atoms with E-state index in [4.69, 9.17) is 17.4 Å². The van der Waals surface area contributed by atoms with Crippen LogP contribution in [0, 0.1) is 0 Å². The smallest absolute Gasteiger partial charge is 0.267 e. The lowest BCUT2D eigenvalue weighted by Crippen LogP contribution is -2.30. The highest BCUT2D eigenvalue weighted by atomic mass is 79.9. The number of benzene rings is 1. The van der Waals surface area contributed by atoms with Crippen molar-refractivity contribution in [3.05, 3.63) is 27.2 Å². The standard InChI is InChI=1S/C9H11BrClN3O/c1-2-13-8-6(9(15)14-12)3-5(11)4-7(8)10/h3-4,13H,2,12H2,1H3,(H,14,15). The highest BCUT2D eigenvalue weighted by Crippen LogP contribution is 2.30. The Bertz CT molecular complexity index is 384. The third-order valence-electron chi connectivity index (χ3n) is 1.78. The second-order valence-corrected chi connectivity index (χ2v) is 4.10. The molecule has 4 N–H and O–H groups in total. The SMILES string of the molecule is CCNc1c(Br)cc(Cl)cc1C(=O)NN. The number of anilines is 1. The van der Waals surface area contributed by atoms with Crippen LogP contribution in [0.3, 0.4) is 0 Å². The molecule has 0 saturated carbocycles. The van der Waals surface area contributed by atoms with E-state index in [0.717, 1.165) is 4.47 Å². The molecule has 1 amide bonds. The zero-order chi connectivity index (χ0) is 11.4. The Kier molecular flexibility index (Phi) is 4.38. The van der Waals surface area contributed by atoms with E-state index in [1.807, 2.05) is 6.92 Å². The van der Waals surface area contributed by atoms with Gasteiger partial charge in [0.2, 0.25) is 0 Å². The number of carbonyl (C=O) groups excluding carboxylic acids is 1. The molecule has 0 aromatic heterocycles. The minimum Gasteiger partial charge on any atom is -0.384 e. The van der Waals surface area contributed by atoms with Crippen molar-refractivity contribution >= 4 is 39.1 Å². The van der Waals surface area contributed by atoms with E-state index in [2.05, 4.69) is 26.7 Å². The normalized spacial score (nSPS) is 9.87. The van der Waals surface area contributed by atoms with E-state index < -0.39 is 0 Å². The lowest BCUT2D eigenvalue weighted by molar-refractivity contribution is 0.0954. The van der Waals surface area contributed by atoms with Crippen LogP contribution in [0.1, 0.15) is 17.3 Å². The van der Waals surface area contributed by atoms with Crippen molar-refractivity contribution < 1.29 is 4.79 Å². The van der Waals surface area contributed by atoms with Gasteiger partial charge in [0.05, 0.1) is 11.3 Å². The maximum absolute atomic E-state index is 11.5. The van der Waals surface area contributed by atoms with Gasteiger partial charge in [-0.3, -0.25) is 10.2 Å². The number of hydrogen-bond acceptors (Lipinski definition) is 3. The molecule has 4 nitrogen and oxygen atoms in total. The van der Waals surface area contributed by atoms with Gasteiger partial charge in [-0.1, -0.05) is 11.6 Å². The van der Waals surface area contributed by atoms with E-state index in [-0.39, 0.29) is 5.91 Å². The van der Waals surface area contributed by atoms with Crippen LogP contribution in [0.4, 0.5) is 5.69 Å². The zero-order valence-electron chi connectivity index (χ0n) is 8.10. The van der Waals surface area contributed by atoms with E-state index in [1.54, 1.807) is 12.1 Å². The molecule has 0 bridgehead atoms. The van der Waals surface area contributed by atoms with Crippen molar-refractivity contribution in [3.8, 4) is 0 Å². The van der Waals surface area contributed by atoms with Crippen LogP contribution in [-0.4, -0.2) is 12.5 Å². The van der Waals surface area contributed by atoms with Crippen LogP contribution < -0.4 is 16.6 Å². The van der Waals surface area contributed by atoms with E-state index in [9.17, 15) is 4.79 Å². The van der Waals surface area contributed by atoms with Gasteiger partial charge in [0, 0.05) is 16.0 Å². The number of halogens is 2. The van der Waals surface area contributed by atoms with Crippen LogP contribution in [0.15, 0.2) is 16.6 Å². The van der Waals surface area contributed by atoms with Crippen molar-refractivity contribution in [2.75, 3.05) is 11.9 Å². The summed E-state index contributed by atoms with van der Waals surface area (Å²) in [4.78, 5) is 11.5. The van der Waals surface area contributed by atoms with Gasteiger partial charge in [-0.05, 0) is 35.0 Å². The van der Waals surface area contributed by atoms with Crippen LogP contribution in [0.5, 0.6) is 0 Å². The number of hydrogen-bond donors (Lipinski definition) is 3. The second kappa shape index (κ2) is 5.34. The fourth-order valence-corrected chi connectivity index (χ4v) is 2.14. The van der Waals surface area contributed by atoms with Gasteiger partial charge < -0.3 is 5.32 Å². The fourth-order valence-electron chi connectivity index (χ4n) is 1.19. The monoisotopic (exact) mass is 291 g/mol. The van der Waals surface area contributed by atoms with E-state index >= 15 is 0 Å². The summed E-state index contributed by atoms with van der Waals surface area (Å²) in [5.74, 6) is 4.70. The van der Waals surface area contributed by atoms with Gasteiger partial charge in [-0.15, -0.1) is 0 Å². The Hall–Kier alpha value is -0.780. The van der Waals surface area contributed by atoms with Gasteiger partial charge in [0.15, 0.2) is 0 Å². The first-order chi connectivity index (χ1) is 7.10. The fraction of sp³-hybridized carbons (Fsp3) is 0.222. The number of hydrazine groups is 1. The van der Waals surface area contributed by atoms with Gasteiger partial charge in [-0.2, -0.15) is 0 Å². The van der Waals surface area contributed by atoms with Crippen molar-refractivity contribution in [2.45, 2.75) is 6.92 Å². The molecular weight excluding hydrogens is 281 g/mol. The largest absolute Gasteiger partial charge is 0.384 e. The second-order valence-electron chi connectivity index (χ2n) is 2.81. The average Bonchev–Trinajstić information content (AvgIpc) is 2.20. The topological polar surface area (TPSA) is 67.2 Å². The van der Waals surface area contributed by atoms with Gasteiger partial charge in [-0.25, -0.2) is 5.84 Å². The van der Waals surface area contributed by atoms with E-state index in [0.29, 0.717) is 22.8 Å². The lowest BCUT2D eigenvalue weighted by Gasteiger charge is -2.12. The third-order valence-corrected chi connectivity index (χ3v) is 2.63. The number of nitrogens with two attached hydrogens (primary N) is 1. The van der Waals surface area contributed by atoms with Crippen LogP contribution in [0.25, 0.3) is 0 Å². The molecule has 0 spiro atoms. The molecule has 1 rings (SSSR count). The summed E-state index contributed by atoms with van der Waals surface area (Å²) in [5, 5.41) is 3.54.